The van der Waals surface area contributed by atoms with Gasteiger partial charge in [0.1, 0.15) is 5.75 Å². The van der Waals surface area contributed by atoms with Gasteiger partial charge in [-0.2, -0.15) is 4.31 Å². The minimum Gasteiger partial charge on any atom is -0.484 e. The van der Waals surface area contributed by atoms with Crippen molar-refractivity contribution in [3.05, 3.63) is 59.7 Å². The Hall–Kier alpha value is -2.38. The number of hydrogen-bond acceptors (Lipinski definition) is 4. The van der Waals surface area contributed by atoms with Gasteiger partial charge >= 0.3 is 0 Å². The van der Waals surface area contributed by atoms with Gasteiger partial charge < -0.3 is 10.1 Å². The Balaban J connectivity index is 1.46. The first-order valence-corrected chi connectivity index (χ1v) is 11.9. The van der Waals surface area contributed by atoms with Gasteiger partial charge in [-0.1, -0.05) is 43.2 Å². The molecule has 1 N–H and O–H groups in total. The predicted octanol–water partition coefficient (Wildman–Crippen LogP) is 3.30. The smallest absolute Gasteiger partial charge is 0.257 e. The molecule has 0 aromatic heterocycles. The standard InChI is InChI=1S/C23H30N2O4S/c1-19-8-4-5-9-22(19)29-18-23(26)24-15-14-20-10-12-21(13-11-20)30(27,28)25-16-6-2-3-7-17-25/h4-5,8-13H,2-3,6-7,14-18H2,1H3,(H,24,26). The fraction of sp³-hybridized carbons (Fsp3) is 0.435. The summed E-state index contributed by atoms with van der Waals surface area (Å²) >= 11 is 0. The molecule has 2 aromatic carbocycles. The number of ether oxygens (including phenoxy) is 1. The Kier molecular flexibility index (Phi) is 7.87. The van der Waals surface area contributed by atoms with Crippen molar-refractivity contribution >= 4 is 15.9 Å². The van der Waals surface area contributed by atoms with Gasteiger partial charge in [0.25, 0.3) is 5.91 Å². The highest BCUT2D eigenvalue weighted by Gasteiger charge is 2.24. The Morgan fingerprint density at radius 2 is 1.67 bits per heavy atom. The molecule has 162 valence electrons. The first kappa shape index (κ1) is 22.3. The molecule has 0 bridgehead atoms. The van der Waals surface area contributed by atoms with Crippen molar-refractivity contribution in [1.82, 2.24) is 9.62 Å². The molecule has 1 fully saturated rings. The van der Waals surface area contributed by atoms with Crippen molar-refractivity contribution < 1.29 is 17.9 Å². The third kappa shape index (κ3) is 6.06. The van der Waals surface area contributed by atoms with Crippen molar-refractivity contribution in [2.45, 2.75) is 43.9 Å². The predicted molar refractivity (Wildman–Crippen MR) is 117 cm³/mol. The van der Waals surface area contributed by atoms with Crippen LogP contribution in [-0.2, 0) is 21.2 Å². The van der Waals surface area contributed by atoms with E-state index in [0.717, 1.165) is 36.8 Å². The van der Waals surface area contributed by atoms with Crippen molar-refractivity contribution in [2.75, 3.05) is 26.2 Å². The lowest BCUT2D eigenvalue weighted by Gasteiger charge is -2.20. The molecule has 0 unspecified atom stereocenters. The van der Waals surface area contributed by atoms with Gasteiger partial charge in [0.05, 0.1) is 4.90 Å². The van der Waals surface area contributed by atoms with Crippen LogP contribution in [0.5, 0.6) is 5.75 Å². The van der Waals surface area contributed by atoms with Gasteiger partial charge in [0, 0.05) is 19.6 Å². The molecule has 0 spiro atoms. The van der Waals surface area contributed by atoms with E-state index < -0.39 is 10.0 Å². The maximum Gasteiger partial charge on any atom is 0.257 e. The maximum atomic E-state index is 12.8. The molecule has 7 heteroatoms. The van der Waals surface area contributed by atoms with E-state index in [1.807, 2.05) is 43.3 Å². The lowest BCUT2D eigenvalue weighted by molar-refractivity contribution is -0.123. The number of nitrogens with zero attached hydrogens (tertiary/aromatic N) is 1. The molecule has 30 heavy (non-hydrogen) atoms. The Morgan fingerprint density at radius 3 is 2.33 bits per heavy atom. The molecular weight excluding hydrogens is 400 g/mol. The van der Waals surface area contributed by atoms with Gasteiger partial charge in [-0.25, -0.2) is 8.42 Å². The van der Waals surface area contributed by atoms with Crippen LogP contribution in [0.15, 0.2) is 53.4 Å². The zero-order valence-corrected chi connectivity index (χ0v) is 18.3. The summed E-state index contributed by atoms with van der Waals surface area (Å²) in [5.41, 5.74) is 1.96. The molecule has 0 atom stereocenters. The first-order valence-electron chi connectivity index (χ1n) is 10.5. The van der Waals surface area contributed by atoms with Crippen molar-refractivity contribution in [1.29, 1.82) is 0 Å². The van der Waals surface area contributed by atoms with Crippen LogP contribution in [0.25, 0.3) is 0 Å². The van der Waals surface area contributed by atoms with Gasteiger partial charge in [-0.15, -0.1) is 0 Å². The average Bonchev–Trinajstić information content (AvgIpc) is 3.04. The number of carbonyl (C=O) groups excluding carboxylic acids is 1. The number of hydrogen-bond donors (Lipinski definition) is 1. The molecule has 0 radical (unpaired) electrons. The normalized spacial score (nSPS) is 15.4. The summed E-state index contributed by atoms with van der Waals surface area (Å²) in [4.78, 5) is 12.3. The lowest BCUT2D eigenvalue weighted by Crippen LogP contribution is -2.32. The van der Waals surface area contributed by atoms with E-state index in [2.05, 4.69) is 5.32 Å². The molecule has 1 amide bonds. The highest BCUT2D eigenvalue weighted by atomic mass is 32.2. The summed E-state index contributed by atoms with van der Waals surface area (Å²) in [5, 5.41) is 2.83. The van der Waals surface area contributed by atoms with Gasteiger partial charge in [-0.05, 0) is 55.5 Å². The molecular formula is C23H30N2O4S. The van der Waals surface area contributed by atoms with Crippen LogP contribution in [0.2, 0.25) is 0 Å². The number of sulfonamides is 1. The number of rotatable bonds is 8. The minimum absolute atomic E-state index is 0.0299. The fourth-order valence-electron chi connectivity index (χ4n) is 3.52. The Labute approximate surface area is 179 Å². The summed E-state index contributed by atoms with van der Waals surface area (Å²) in [7, 11) is -3.43. The monoisotopic (exact) mass is 430 g/mol. The maximum absolute atomic E-state index is 12.8. The molecule has 2 aromatic rings. The minimum atomic E-state index is -3.43. The SMILES string of the molecule is Cc1ccccc1OCC(=O)NCCc1ccc(S(=O)(=O)N2CCCCCC2)cc1. The summed E-state index contributed by atoms with van der Waals surface area (Å²) in [6.07, 6.45) is 4.65. The molecule has 1 aliphatic heterocycles. The second kappa shape index (κ2) is 10.6. The fourth-order valence-corrected chi connectivity index (χ4v) is 5.04. The van der Waals surface area contributed by atoms with Crippen LogP contribution < -0.4 is 10.1 Å². The van der Waals surface area contributed by atoms with Crippen LogP contribution >= 0.6 is 0 Å². The van der Waals surface area contributed by atoms with E-state index in [-0.39, 0.29) is 12.5 Å². The van der Waals surface area contributed by atoms with E-state index in [4.69, 9.17) is 4.74 Å². The third-order valence-electron chi connectivity index (χ3n) is 5.31. The number of amides is 1. The molecule has 1 saturated heterocycles. The Morgan fingerprint density at radius 1 is 1.00 bits per heavy atom. The quantitative estimate of drug-likeness (QED) is 0.697. The first-order chi connectivity index (χ1) is 14.5. The number of para-hydroxylation sites is 1. The number of aryl methyl sites for hydroxylation is 1. The largest absolute Gasteiger partial charge is 0.484 e. The summed E-state index contributed by atoms with van der Waals surface area (Å²) < 4.78 is 32.8. The summed E-state index contributed by atoms with van der Waals surface area (Å²) in [6, 6.07) is 14.5. The van der Waals surface area contributed by atoms with Crippen molar-refractivity contribution in [2.24, 2.45) is 0 Å². The molecule has 1 aliphatic rings. The van der Waals surface area contributed by atoms with Gasteiger partial charge in [0.15, 0.2) is 6.61 Å². The van der Waals surface area contributed by atoms with E-state index in [1.54, 1.807) is 16.4 Å². The van der Waals surface area contributed by atoms with Crippen LogP contribution in [0.1, 0.15) is 36.8 Å². The van der Waals surface area contributed by atoms with Crippen LogP contribution in [-0.4, -0.2) is 44.9 Å². The summed E-state index contributed by atoms with van der Waals surface area (Å²) in [6.45, 7) is 3.57. The van der Waals surface area contributed by atoms with Crippen molar-refractivity contribution in [3.8, 4) is 5.75 Å². The average molecular weight is 431 g/mol. The van der Waals surface area contributed by atoms with Crippen molar-refractivity contribution in [3.63, 3.8) is 0 Å². The van der Waals surface area contributed by atoms with E-state index in [9.17, 15) is 13.2 Å². The van der Waals surface area contributed by atoms with E-state index in [1.165, 1.54) is 0 Å². The number of nitrogens with one attached hydrogen (secondary N) is 1. The van der Waals surface area contributed by atoms with Crippen LogP contribution in [0, 0.1) is 6.92 Å². The van der Waals surface area contributed by atoms with Gasteiger partial charge in [0.2, 0.25) is 10.0 Å². The highest BCUT2D eigenvalue weighted by molar-refractivity contribution is 7.89. The number of carbonyl (C=O) groups is 1. The topological polar surface area (TPSA) is 75.7 Å². The molecule has 6 nitrogen and oxygen atoms in total. The Bertz CT molecular complexity index is 934. The lowest BCUT2D eigenvalue weighted by atomic mass is 10.1. The van der Waals surface area contributed by atoms with E-state index >= 15 is 0 Å². The zero-order valence-electron chi connectivity index (χ0n) is 17.5. The molecule has 1 heterocycles. The van der Waals surface area contributed by atoms with Crippen LogP contribution in [0.4, 0.5) is 0 Å². The second-order valence-electron chi connectivity index (χ2n) is 7.62. The molecule has 0 saturated carbocycles. The van der Waals surface area contributed by atoms with Crippen LogP contribution in [0.3, 0.4) is 0 Å². The summed E-state index contributed by atoms with van der Waals surface area (Å²) in [5.74, 6) is 0.521. The highest BCUT2D eigenvalue weighted by Crippen LogP contribution is 2.21. The molecule has 3 rings (SSSR count). The molecule has 0 aliphatic carbocycles. The third-order valence-corrected chi connectivity index (χ3v) is 7.23. The zero-order chi connectivity index (χ0) is 21.4. The van der Waals surface area contributed by atoms with E-state index in [0.29, 0.717) is 36.7 Å². The van der Waals surface area contributed by atoms with Gasteiger partial charge in [-0.3, -0.25) is 4.79 Å². The number of benzene rings is 2. The second-order valence-corrected chi connectivity index (χ2v) is 9.55.